The van der Waals surface area contributed by atoms with Crippen molar-refractivity contribution >= 4 is 27.3 Å². The van der Waals surface area contributed by atoms with Crippen LogP contribution < -0.4 is 4.72 Å². The standard InChI is InChI=1S/C31H37N3O7S2/c1-3-20(4-2)17-32-42(39)25-10-9-22-11-13-33(18-24(22)15-25)31(38)26-16-27(29(36)30(37)28(26)35)43(40,41)34-14-12-21-7-5-6-8-23(21)19-34/h5-10,15-16,20,32,35-37H,3-4,11-14,17-19H2,1-2H3. The van der Waals surface area contributed by atoms with Gasteiger partial charge in [0.2, 0.25) is 15.8 Å². The lowest BCUT2D eigenvalue weighted by Crippen LogP contribution is -2.37. The number of hydrogen-bond acceptors (Lipinski definition) is 8. The second-order valence-electron chi connectivity index (χ2n) is 11.0. The summed E-state index contributed by atoms with van der Waals surface area (Å²) < 4.78 is 44.5. The van der Waals surface area contributed by atoms with Crippen molar-refractivity contribution in [3.8, 4) is 17.2 Å². The van der Waals surface area contributed by atoms with Crippen LogP contribution in [0.5, 0.6) is 17.2 Å². The summed E-state index contributed by atoms with van der Waals surface area (Å²) in [5, 5.41) is 31.8. The lowest BCUT2D eigenvalue weighted by atomic mass is 9.99. The molecule has 43 heavy (non-hydrogen) atoms. The predicted molar refractivity (Wildman–Crippen MR) is 163 cm³/mol. The average Bonchev–Trinajstić information content (AvgIpc) is 3.02. The Hall–Kier alpha value is -3.29. The molecule has 5 rings (SSSR count). The van der Waals surface area contributed by atoms with E-state index in [1.54, 1.807) is 6.07 Å². The Morgan fingerprint density at radius 2 is 1.58 bits per heavy atom. The molecule has 1 amide bonds. The van der Waals surface area contributed by atoms with Crippen molar-refractivity contribution < 1.29 is 33.1 Å². The van der Waals surface area contributed by atoms with Gasteiger partial charge < -0.3 is 24.8 Å². The lowest BCUT2D eigenvalue weighted by molar-refractivity contribution is 0.0730. The highest BCUT2D eigenvalue weighted by Crippen LogP contribution is 2.44. The van der Waals surface area contributed by atoms with Crippen molar-refractivity contribution in [3.05, 3.63) is 76.3 Å². The Morgan fingerprint density at radius 1 is 0.907 bits per heavy atom. The SMILES string of the molecule is CCC(CC)CN[S+]([O-])c1ccc2c(c1)CN(C(=O)c1cc(S(=O)(=O)N3CCc4ccccc4C3)c(O)c(O)c1O)CC2. The van der Waals surface area contributed by atoms with Crippen LogP contribution in [0.2, 0.25) is 0 Å². The number of nitrogens with one attached hydrogen (secondary N) is 1. The van der Waals surface area contributed by atoms with Crippen LogP contribution in [-0.4, -0.2) is 63.0 Å². The molecule has 3 aromatic carbocycles. The number of benzene rings is 3. The third-order valence-electron chi connectivity index (χ3n) is 8.51. The minimum absolute atomic E-state index is 0.0713. The predicted octanol–water partition coefficient (Wildman–Crippen LogP) is 3.80. The molecule has 10 nitrogen and oxygen atoms in total. The van der Waals surface area contributed by atoms with Crippen molar-refractivity contribution in [1.29, 1.82) is 0 Å². The molecule has 0 radical (unpaired) electrons. The van der Waals surface area contributed by atoms with E-state index in [4.69, 9.17) is 0 Å². The topological polar surface area (TPSA) is 153 Å². The summed E-state index contributed by atoms with van der Waals surface area (Å²) in [4.78, 5) is 15.0. The molecule has 0 spiro atoms. The molecular formula is C31H37N3O7S2. The second-order valence-corrected chi connectivity index (χ2v) is 14.2. The third kappa shape index (κ3) is 6.20. The van der Waals surface area contributed by atoms with Crippen LogP contribution in [0.25, 0.3) is 0 Å². The van der Waals surface area contributed by atoms with E-state index in [0.29, 0.717) is 30.2 Å². The number of phenolic OH excluding ortho intramolecular Hbond substituents is 3. The summed E-state index contributed by atoms with van der Waals surface area (Å²) in [5.41, 5.74) is 3.21. The number of fused-ring (bicyclic) bond motifs is 2. The normalized spacial score (nSPS) is 16.1. The number of sulfonamides is 1. The zero-order valence-electron chi connectivity index (χ0n) is 24.2. The zero-order valence-corrected chi connectivity index (χ0v) is 25.9. The number of carbonyl (C=O) groups excluding carboxylic acids is 1. The molecule has 230 valence electrons. The molecule has 4 N–H and O–H groups in total. The number of hydrogen-bond donors (Lipinski definition) is 4. The van der Waals surface area contributed by atoms with Gasteiger partial charge in [0.15, 0.2) is 16.4 Å². The van der Waals surface area contributed by atoms with Crippen LogP contribution in [-0.2, 0) is 47.3 Å². The Morgan fingerprint density at radius 3 is 2.30 bits per heavy atom. The van der Waals surface area contributed by atoms with E-state index in [2.05, 4.69) is 18.6 Å². The van der Waals surface area contributed by atoms with E-state index in [-0.39, 0.29) is 26.2 Å². The van der Waals surface area contributed by atoms with Gasteiger partial charge in [0, 0.05) is 38.8 Å². The van der Waals surface area contributed by atoms with Gasteiger partial charge in [0.25, 0.3) is 5.91 Å². The highest BCUT2D eigenvalue weighted by molar-refractivity contribution is 7.89. The molecule has 2 heterocycles. The van der Waals surface area contributed by atoms with Gasteiger partial charge in [0.1, 0.15) is 4.90 Å². The van der Waals surface area contributed by atoms with Crippen LogP contribution >= 0.6 is 0 Å². The molecule has 2 aliphatic heterocycles. The maximum Gasteiger partial charge on any atom is 0.258 e. The first-order valence-corrected chi connectivity index (χ1v) is 17.0. The van der Waals surface area contributed by atoms with E-state index >= 15 is 0 Å². The molecule has 0 saturated carbocycles. The average molecular weight is 628 g/mol. The molecule has 0 saturated heterocycles. The number of aromatic hydroxyl groups is 3. The van der Waals surface area contributed by atoms with Gasteiger partial charge >= 0.3 is 0 Å². The van der Waals surface area contributed by atoms with E-state index < -0.39 is 55.0 Å². The van der Waals surface area contributed by atoms with Gasteiger partial charge in [-0.3, -0.25) is 4.79 Å². The Labute approximate surface area is 255 Å². The van der Waals surface area contributed by atoms with Gasteiger partial charge in [-0.25, -0.2) is 8.42 Å². The monoisotopic (exact) mass is 627 g/mol. The van der Waals surface area contributed by atoms with Crippen molar-refractivity contribution in [3.63, 3.8) is 0 Å². The second kappa shape index (κ2) is 12.7. The van der Waals surface area contributed by atoms with Crippen LogP contribution in [0.4, 0.5) is 0 Å². The number of nitrogens with zero attached hydrogens (tertiary/aromatic N) is 2. The fraction of sp³-hybridized carbons (Fsp3) is 0.387. The maximum absolute atomic E-state index is 13.7. The lowest BCUT2D eigenvalue weighted by Gasteiger charge is -2.30. The first-order valence-electron chi connectivity index (χ1n) is 14.5. The molecule has 0 fully saturated rings. The van der Waals surface area contributed by atoms with Crippen molar-refractivity contribution in [1.82, 2.24) is 13.9 Å². The van der Waals surface area contributed by atoms with E-state index in [0.717, 1.165) is 41.2 Å². The number of rotatable bonds is 9. The molecule has 12 heteroatoms. The van der Waals surface area contributed by atoms with E-state index in [1.807, 2.05) is 36.4 Å². The fourth-order valence-corrected chi connectivity index (χ4v) is 8.17. The van der Waals surface area contributed by atoms with Crippen LogP contribution in [0.3, 0.4) is 0 Å². The summed E-state index contributed by atoms with van der Waals surface area (Å²) >= 11 is -1.43. The molecule has 1 atom stereocenters. The summed E-state index contributed by atoms with van der Waals surface area (Å²) in [6.07, 6.45) is 2.94. The Kier molecular flexibility index (Phi) is 9.23. The van der Waals surface area contributed by atoms with E-state index in [9.17, 15) is 33.1 Å². The smallest absolute Gasteiger partial charge is 0.258 e. The summed E-state index contributed by atoms with van der Waals surface area (Å²) in [7, 11) is -4.34. The van der Waals surface area contributed by atoms with Gasteiger partial charge in [-0.1, -0.05) is 57.0 Å². The zero-order chi connectivity index (χ0) is 30.9. The van der Waals surface area contributed by atoms with Gasteiger partial charge in [-0.15, -0.1) is 4.72 Å². The molecule has 2 aliphatic rings. The first kappa shape index (κ1) is 31.1. The molecular weight excluding hydrogens is 590 g/mol. The number of amides is 1. The molecule has 0 aromatic heterocycles. The fourth-order valence-electron chi connectivity index (χ4n) is 5.64. The maximum atomic E-state index is 13.7. The molecule has 0 bridgehead atoms. The summed E-state index contributed by atoms with van der Waals surface area (Å²) in [6.45, 7) is 5.47. The van der Waals surface area contributed by atoms with Crippen molar-refractivity contribution in [2.45, 2.75) is 62.4 Å². The van der Waals surface area contributed by atoms with Gasteiger partial charge in [-0.05, 0) is 53.1 Å². The Bertz CT molecular complexity index is 1630. The van der Waals surface area contributed by atoms with Crippen molar-refractivity contribution in [2.24, 2.45) is 5.92 Å². The number of carbonyl (C=O) groups is 1. The minimum atomic E-state index is -4.34. The van der Waals surface area contributed by atoms with Gasteiger partial charge in [0.05, 0.1) is 16.9 Å². The highest BCUT2D eigenvalue weighted by atomic mass is 32.2. The quantitative estimate of drug-likeness (QED) is 0.207. The van der Waals surface area contributed by atoms with Crippen LogP contribution in [0.15, 0.2) is 58.3 Å². The van der Waals surface area contributed by atoms with Crippen LogP contribution in [0, 0.1) is 5.92 Å². The van der Waals surface area contributed by atoms with E-state index in [1.165, 1.54) is 9.21 Å². The minimum Gasteiger partial charge on any atom is -0.593 e. The van der Waals surface area contributed by atoms with Crippen molar-refractivity contribution in [2.75, 3.05) is 19.6 Å². The van der Waals surface area contributed by atoms with Crippen LogP contribution in [0.1, 0.15) is 59.3 Å². The molecule has 3 aromatic rings. The summed E-state index contributed by atoms with van der Waals surface area (Å²) in [5.74, 6) is -3.25. The molecule has 0 aliphatic carbocycles. The van der Waals surface area contributed by atoms with Gasteiger partial charge in [-0.2, -0.15) is 4.31 Å². The Balaban J connectivity index is 1.39. The highest BCUT2D eigenvalue weighted by Gasteiger charge is 2.35. The largest absolute Gasteiger partial charge is 0.593 e. The number of phenols is 3. The third-order valence-corrected chi connectivity index (χ3v) is 11.5. The summed E-state index contributed by atoms with van der Waals surface area (Å²) in [6, 6.07) is 13.9. The molecule has 1 unspecified atom stereocenters. The first-order chi connectivity index (χ1) is 20.5.